The van der Waals surface area contributed by atoms with Crippen molar-refractivity contribution >= 4 is 33.4 Å². The molecule has 118 valence electrons. The second kappa shape index (κ2) is 5.66. The molecule has 2 atom stereocenters. The number of hydrogen-bond donors (Lipinski definition) is 0. The number of nitrogens with zero attached hydrogens (tertiary/aromatic N) is 1. The minimum atomic E-state index is -0.860. The molecule has 3 rings (SSSR count). The molecule has 1 aromatic rings. The highest BCUT2D eigenvalue weighted by molar-refractivity contribution is 9.10. The van der Waals surface area contributed by atoms with Gasteiger partial charge in [0.1, 0.15) is 5.92 Å². The molecule has 2 aliphatic rings. The minimum absolute atomic E-state index is 0.190. The molecule has 0 spiro atoms. The Kier molecular flexibility index (Phi) is 3.99. The highest BCUT2D eigenvalue weighted by Gasteiger charge is 2.54. The maximum absolute atomic E-state index is 12.9. The smallest absolute Gasteiger partial charge is 0.319 e. The zero-order valence-electron chi connectivity index (χ0n) is 12.6. The highest BCUT2D eigenvalue weighted by atomic mass is 79.9. The third-order valence-corrected chi connectivity index (χ3v) is 4.89. The number of hydrogen-bond acceptors (Lipinski definition) is 5. The fourth-order valence-corrected chi connectivity index (χ4v) is 3.71. The summed E-state index contributed by atoms with van der Waals surface area (Å²) in [6.45, 7) is 5.44. The molecule has 0 aliphatic carbocycles. The maximum Gasteiger partial charge on any atom is 0.319 e. The first-order valence-electron chi connectivity index (χ1n) is 7.35. The number of morpholine rings is 1. The molecule has 6 heteroatoms. The van der Waals surface area contributed by atoms with Gasteiger partial charge in [-0.05, 0) is 32.0 Å². The van der Waals surface area contributed by atoms with Crippen molar-refractivity contribution in [2.75, 3.05) is 31.3 Å². The van der Waals surface area contributed by atoms with Gasteiger partial charge in [0.25, 0.3) is 0 Å². The number of esters is 1. The average Bonchev–Trinajstić information content (AvgIpc) is 2.47. The van der Waals surface area contributed by atoms with E-state index in [4.69, 9.17) is 9.47 Å². The predicted octanol–water partition coefficient (Wildman–Crippen LogP) is 2.42. The fraction of sp³-hybridized carbons (Fsp3) is 0.500. The molecule has 0 saturated carbocycles. The number of carbonyl (C=O) groups excluding carboxylic acids is 2. The van der Waals surface area contributed by atoms with Crippen molar-refractivity contribution in [1.82, 2.24) is 0 Å². The predicted molar refractivity (Wildman–Crippen MR) is 85.2 cm³/mol. The molecule has 0 amide bonds. The molecular weight excluding hydrogens is 350 g/mol. The molecule has 0 radical (unpaired) electrons. The Hall–Kier alpha value is -1.40. The van der Waals surface area contributed by atoms with Gasteiger partial charge in [-0.1, -0.05) is 15.9 Å². The molecule has 0 N–H and O–H groups in total. The number of Topliss-reactive ketones (excluding diaryl/α,β-unsaturated/α-hetero) is 1. The lowest BCUT2D eigenvalue weighted by molar-refractivity contribution is -0.149. The number of anilines is 1. The molecule has 2 heterocycles. The number of halogens is 1. The van der Waals surface area contributed by atoms with E-state index in [2.05, 4.69) is 20.8 Å². The van der Waals surface area contributed by atoms with Crippen LogP contribution in [0.5, 0.6) is 0 Å². The van der Waals surface area contributed by atoms with Gasteiger partial charge in [0.2, 0.25) is 0 Å². The Morgan fingerprint density at radius 2 is 2.32 bits per heavy atom. The van der Waals surface area contributed by atoms with Crippen molar-refractivity contribution in [3.8, 4) is 0 Å². The van der Waals surface area contributed by atoms with Gasteiger partial charge >= 0.3 is 5.97 Å². The molecule has 1 saturated heterocycles. The number of ether oxygens (including phenoxy) is 2. The Morgan fingerprint density at radius 3 is 3.05 bits per heavy atom. The van der Waals surface area contributed by atoms with Gasteiger partial charge < -0.3 is 14.4 Å². The second-order valence-corrected chi connectivity index (χ2v) is 6.69. The summed E-state index contributed by atoms with van der Waals surface area (Å²) in [4.78, 5) is 27.4. The quantitative estimate of drug-likeness (QED) is 0.593. The summed E-state index contributed by atoms with van der Waals surface area (Å²) in [7, 11) is 0. The maximum atomic E-state index is 12.9. The summed E-state index contributed by atoms with van der Waals surface area (Å²) >= 11 is 3.45. The second-order valence-electron chi connectivity index (χ2n) is 5.77. The summed E-state index contributed by atoms with van der Waals surface area (Å²) < 4.78 is 11.6. The normalized spacial score (nSPS) is 27.1. The van der Waals surface area contributed by atoms with E-state index < -0.39 is 17.4 Å². The highest BCUT2D eigenvalue weighted by Crippen LogP contribution is 2.43. The number of benzene rings is 1. The Morgan fingerprint density at radius 1 is 1.55 bits per heavy atom. The molecular formula is C16H18BrNO4. The van der Waals surface area contributed by atoms with Crippen molar-refractivity contribution in [1.29, 1.82) is 0 Å². The molecule has 2 aliphatic heterocycles. The summed E-state index contributed by atoms with van der Waals surface area (Å²) in [5.74, 6) is -1.52. The van der Waals surface area contributed by atoms with Gasteiger partial charge in [-0.25, -0.2) is 0 Å². The summed E-state index contributed by atoms with van der Waals surface area (Å²) in [5.41, 5.74) is 0.710. The Labute approximate surface area is 137 Å². The van der Waals surface area contributed by atoms with E-state index in [-0.39, 0.29) is 12.4 Å². The van der Waals surface area contributed by atoms with Crippen LogP contribution in [0.4, 0.5) is 5.69 Å². The van der Waals surface area contributed by atoms with Crippen LogP contribution in [-0.4, -0.2) is 43.7 Å². The van der Waals surface area contributed by atoms with Crippen LogP contribution in [0.1, 0.15) is 24.2 Å². The number of carbonyl (C=O) groups is 2. The van der Waals surface area contributed by atoms with E-state index in [0.717, 1.165) is 10.2 Å². The van der Waals surface area contributed by atoms with Crippen LogP contribution in [0.15, 0.2) is 22.7 Å². The lowest BCUT2D eigenvalue weighted by Crippen LogP contribution is -2.66. The molecule has 1 fully saturated rings. The topological polar surface area (TPSA) is 55.8 Å². The van der Waals surface area contributed by atoms with E-state index in [0.29, 0.717) is 25.3 Å². The van der Waals surface area contributed by atoms with Crippen molar-refractivity contribution in [2.24, 2.45) is 5.92 Å². The van der Waals surface area contributed by atoms with Gasteiger partial charge in [0.15, 0.2) is 5.78 Å². The van der Waals surface area contributed by atoms with Gasteiger partial charge in [-0.3, -0.25) is 9.59 Å². The van der Waals surface area contributed by atoms with Crippen LogP contribution in [0.25, 0.3) is 0 Å². The van der Waals surface area contributed by atoms with E-state index >= 15 is 0 Å². The van der Waals surface area contributed by atoms with Crippen LogP contribution in [-0.2, 0) is 14.3 Å². The van der Waals surface area contributed by atoms with Crippen molar-refractivity contribution < 1.29 is 19.1 Å². The first-order valence-corrected chi connectivity index (χ1v) is 8.14. The van der Waals surface area contributed by atoms with E-state index in [1.54, 1.807) is 13.0 Å². The standard InChI is InChI=1S/C16H18BrNO4/c1-3-22-15(20)13-14(19)11-5-4-10(17)8-12(11)18-6-7-21-9-16(13,18)2/h4-5,8,13H,3,6-7,9H2,1-2H3. The van der Waals surface area contributed by atoms with E-state index in [9.17, 15) is 9.59 Å². The number of ketones is 1. The van der Waals surface area contributed by atoms with Crippen LogP contribution >= 0.6 is 15.9 Å². The van der Waals surface area contributed by atoms with E-state index in [1.165, 1.54) is 0 Å². The molecule has 0 bridgehead atoms. The number of fused-ring (bicyclic) bond motifs is 3. The SMILES string of the molecule is CCOC(=O)C1C(=O)c2ccc(Br)cc2N2CCOCC12C. The van der Waals surface area contributed by atoms with Gasteiger partial charge in [0.05, 0.1) is 25.4 Å². The van der Waals surface area contributed by atoms with Crippen molar-refractivity contribution in [2.45, 2.75) is 19.4 Å². The fourth-order valence-electron chi connectivity index (χ4n) is 3.36. The third-order valence-electron chi connectivity index (χ3n) is 4.39. The van der Waals surface area contributed by atoms with Crippen LogP contribution in [0.2, 0.25) is 0 Å². The van der Waals surface area contributed by atoms with Crippen molar-refractivity contribution in [3.63, 3.8) is 0 Å². The first kappa shape index (κ1) is 15.5. The summed E-state index contributed by atoms with van der Waals surface area (Å²) in [6, 6.07) is 5.52. The van der Waals surface area contributed by atoms with Crippen LogP contribution in [0, 0.1) is 5.92 Å². The zero-order valence-corrected chi connectivity index (χ0v) is 14.2. The summed E-state index contributed by atoms with van der Waals surface area (Å²) in [6.07, 6.45) is 0. The van der Waals surface area contributed by atoms with Crippen LogP contribution in [0.3, 0.4) is 0 Å². The lowest BCUT2D eigenvalue weighted by Gasteiger charge is -2.52. The molecule has 2 unspecified atom stereocenters. The minimum Gasteiger partial charge on any atom is -0.465 e. The van der Waals surface area contributed by atoms with Gasteiger partial charge in [-0.2, -0.15) is 0 Å². The van der Waals surface area contributed by atoms with E-state index in [1.807, 2.05) is 19.1 Å². The Balaban J connectivity index is 2.15. The average molecular weight is 368 g/mol. The van der Waals surface area contributed by atoms with Crippen molar-refractivity contribution in [3.05, 3.63) is 28.2 Å². The van der Waals surface area contributed by atoms with Gasteiger partial charge in [-0.15, -0.1) is 0 Å². The molecule has 1 aromatic carbocycles. The molecule has 5 nitrogen and oxygen atoms in total. The first-order chi connectivity index (χ1) is 10.5. The van der Waals surface area contributed by atoms with Gasteiger partial charge in [0, 0.05) is 22.3 Å². The lowest BCUT2D eigenvalue weighted by atomic mass is 9.74. The largest absolute Gasteiger partial charge is 0.465 e. The monoisotopic (exact) mass is 367 g/mol. The molecule has 22 heavy (non-hydrogen) atoms. The third kappa shape index (κ3) is 2.25. The zero-order chi connectivity index (χ0) is 15.9. The number of rotatable bonds is 2. The molecule has 0 aromatic heterocycles. The Bertz CT molecular complexity index is 633. The van der Waals surface area contributed by atoms with Crippen LogP contribution < -0.4 is 4.90 Å². The summed E-state index contributed by atoms with van der Waals surface area (Å²) in [5, 5.41) is 0.